The van der Waals surface area contributed by atoms with Gasteiger partial charge in [0.25, 0.3) is 11.8 Å². The average Bonchev–Trinajstić information content (AvgIpc) is 3.25. The maximum atomic E-state index is 12.7. The van der Waals surface area contributed by atoms with Gasteiger partial charge in [0.05, 0.1) is 19.3 Å². The van der Waals surface area contributed by atoms with Crippen molar-refractivity contribution in [2.24, 2.45) is 5.92 Å². The van der Waals surface area contributed by atoms with Gasteiger partial charge in [0.15, 0.2) is 6.61 Å². The molecule has 1 heterocycles. The molecule has 0 spiro atoms. The fraction of sp³-hybridized carbons (Fsp3) is 0.321. The highest BCUT2D eigenvalue weighted by Crippen LogP contribution is 2.40. The van der Waals surface area contributed by atoms with E-state index in [1.807, 2.05) is 0 Å². The second kappa shape index (κ2) is 11.9. The van der Waals surface area contributed by atoms with Crippen molar-refractivity contribution in [2.45, 2.75) is 33.1 Å². The van der Waals surface area contributed by atoms with Crippen LogP contribution in [0.4, 0.5) is 10.7 Å². The number of benzene rings is 2. The van der Waals surface area contributed by atoms with E-state index in [-0.39, 0.29) is 25.0 Å². The van der Waals surface area contributed by atoms with Crippen LogP contribution in [0.2, 0.25) is 0 Å². The van der Waals surface area contributed by atoms with Crippen molar-refractivity contribution in [3.05, 3.63) is 70.1 Å². The zero-order valence-corrected chi connectivity index (χ0v) is 21.9. The zero-order valence-electron chi connectivity index (χ0n) is 21.1. The number of fused-ring (bicyclic) bond motifs is 1. The second-order valence-electron chi connectivity index (χ2n) is 8.82. The third-order valence-electron chi connectivity index (χ3n) is 6.08. The minimum Gasteiger partial charge on any atom is -0.497 e. The van der Waals surface area contributed by atoms with Crippen molar-refractivity contribution in [3.8, 4) is 11.5 Å². The summed E-state index contributed by atoms with van der Waals surface area (Å²) in [7, 11) is 1.58. The molecule has 2 aromatic carbocycles. The first-order valence-electron chi connectivity index (χ1n) is 12.2. The van der Waals surface area contributed by atoms with E-state index in [1.165, 1.54) is 11.3 Å². The van der Waals surface area contributed by atoms with Crippen molar-refractivity contribution >= 4 is 39.8 Å². The maximum Gasteiger partial charge on any atom is 0.341 e. The first-order chi connectivity index (χ1) is 17.9. The maximum absolute atomic E-state index is 12.7. The van der Waals surface area contributed by atoms with Crippen molar-refractivity contribution in [3.63, 3.8) is 0 Å². The minimum atomic E-state index is -0.408. The Hall–Kier alpha value is -3.85. The first-order valence-corrected chi connectivity index (χ1v) is 13.0. The lowest BCUT2D eigenvalue weighted by molar-refractivity contribution is -0.118. The number of ether oxygens (including phenoxy) is 3. The Kier molecular flexibility index (Phi) is 8.45. The van der Waals surface area contributed by atoms with Gasteiger partial charge in [-0.25, -0.2) is 4.79 Å². The SMILES string of the molecule is CCOC(=O)c1c(NC(=O)COc2ccc(C(=O)Nc3ccc(OC)cc3)cc2)sc2c1CCC(C)C2. The van der Waals surface area contributed by atoms with E-state index < -0.39 is 5.97 Å². The Bertz CT molecular complexity index is 1270. The Labute approximate surface area is 219 Å². The third kappa shape index (κ3) is 6.48. The lowest BCUT2D eigenvalue weighted by Crippen LogP contribution is -2.21. The van der Waals surface area contributed by atoms with Gasteiger partial charge in [-0.3, -0.25) is 9.59 Å². The molecule has 1 unspecified atom stereocenters. The zero-order chi connectivity index (χ0) is 26.4. The summed E-state index contributed by atoms with van der Waals surface area (Å²) in [5, 5.41) is 6.17. The number of hydrogen-bond acceptors (Lipinski definition) is 7. The van der Waals surface area contributed by atoms with Gasteiger partial charge in [-0.2, -0.15) is 0 Å². The van der Waals surface area contributed by atoms with Gasteiger partial charge >= 0.3 is 5.97 Å². The van der Waals surface area contributed by atoms with Crippen LogP contribution >= 0.6 is 11.3 Å². The number of thiophene rings is 1. The predicted molar refractivity (Wildman–Crippen MR) is 143 cm³/mol. The fourth-order valence-electron chi connectivity index (χ4n) is 4.15. The normalized spacial score (nSPS) is 14.3. The fourth-order valence-corrected chi connectivity index (χ4v) is 5.56. The molecule has 2 amide bonds. The van der Waals surface area contributed by atoms with E-state index in [2.05, 4.69) is 17.6 Å². The molecular weight excluding hydrogens is 492 g/mol. The summed E-state index contributed by atoms with van der Waals surface area (Å²) in [5.74, 6) is 0.633. The standard InChI is InChI=1S/C28H30N2O6S/c1-4-35-28(33)25-22-14-5-17(2)15-23(22)37-27(25)30-24(31)16-36-21-10-6-18(7-11-21)26(32)29-19-8-12-20(34-3)13-9-19/h6-13,17H,4-5,14-16H2,1-3H3,(H,29,32)(H,30,31). The Morgan fingerprint density at radius 1 is 1.00 bits per heavy atom. The van der Waals surface area contributed by atoms with E-state index in [4.69, 9.17) is 14.2 Å². The van der Waals surface area contributed by atoms with Crippen LogP contribution in [0.15, 0.2) is 48.5 Å². The van der Waals surface area contributed by atoms with E-state index >= 15 is 0 Å². The first kappa shape index (κ1) is 26.2. The van der Waals surface area contributed by atoms with Gasteiger partial charge in [-0.05, 0) is 86.2 Å². The van der Waals surface area contributed by atoms with Gasteiger partial charge in [0.2, 0.25) is 0 Å². The molecule has 1 aliphatic carbocycles. The minimum absolute atomic E-state index is 0.237. The number of nitrogens with one attached hydrogen (secondary N) is 2. The number of carbonyl (C=O) groups excluding carboxylic acids is 3. The van der Waals surface area contributed by atoms with Gasteiger partial charge in [-0.15, -0.1) is 11.3 Å². The summed E-state index contributed by atoms with van der Waals surface area (Å²) in [6.07, 6.45) is 2.68. The Morgan fingerprint density at radius 3 is 2.38 bits per heavy atom. The van der Waals surface area contributed by atoms with Gasteiger partial charge < -0.3 is 24.8 Å². The molecule has 3 aromatic rings. The smallest absolute Gasteiger partial charge is 0.341 e. The van der Waals surface area contributed by atoms with Crippen LogP contribution in [0, 0.1) is 5.92 Å². The van der Waals surface area contributed by atoms with Crippen molar-refractivity contribution in [1.82, 2.24) is 0 Å². The summed E-state index contributed by atoms with van der Waals surface area (Å²) in [4.78, 5) is 38.9. The lowest BCUT2D eigenvalue weighted by atomic mass is 9.88. The van der Waals surface area contributed by atoms with E-state index in [9.17, 15) is 14.4 Å². The molecule has 37 heavy (non-hydrogen) atoms. The summed E-state index contributed by atoms with van der Waals surface area (Å²) >= 11 is 1.44. The molecule has 0 fully saturated rings. The molecule has 0 saturated carbocycles. The summed E-state index contributed by atoms with van der Waals surface area (Å²) in [5.41, 5.74) is 2.55. The monoisotopic (exact) mass is 522 g/mol. The van der Waals surface area contributed by atoms with Crippen LogP contribution < -0.4 is 20.1 Å². The van der Waals surface area contributed by atoms with E-state index in [0.717, 1.165) is 29.7 Å². The number of rotatable bonds is 9. The quantitative estimate of drug-likeness (QED) is 0.368. The molecule has 0 aliphatic heterocycles. The highest BCUT2D eigenvalue weighted by Gasteiger charge is 2.29. The van der Waals surface area contributed by atoms with Crippen LogP contribution in [-0.4, -0.2) is 38.1 Å². The molecule has 4 rings (SSSR count). The molecule has 0 radical (unpaired) electrons. The van der Waals surface area contributed by atoms with Gasteiger partial charge in [0.1, 0.15) is 16.5 Å². The molecule has 1 aromatic heterocycles. The third-order valence-corrected chi connectivity index (χ3v) is 7.25. The molecule has 0 saturated heterocycles. The van der Waals surface area contributed by atoms with Crippen molar-refractivity contribution < 1.29 is 28.6 Å². The van der Waals surface area contributed by atoms with Gasteiger partial charge in [-0.1, -0.05) is 6.92 Å². The highest BCUT2D eigenvalue weighted by atomic mass is 32.1. The molecule has 194 valence electrons. The number of hydrogen-bond donors (Lipinski definition) is 2. The summed E-state index contributed by atoms with van der Waals surface area (Å²) in [6.45, 7) is 3.98. The summed E-state index contributed by atoms with van der Waals surface area (Å²) < 4.78 is 16.0. The van der Waals surface area contributed by atoms with Crippen molar-refractivity contribution in [2.75, 3.05) is 31.0 Å². The molecule has 8 nitrogen and oxygen atoms in total. The van der Waals surface area contributed by atoms with Crippen LogP contribution in [0.3, 0.4) is 0 Å². The molecule has 1 aliphatic rings. The Balaban J connectivity index is 1.35. The number of esters is 1. The van der Waals surface area contributed by atoms with E-state index in [1.54, 1.807) is 62.6 Å². The number of carbonyl (C=O) groups is 3. The van der Waals surface area contributed by atoms with Gasteiger partial charge in [0, 0.05) is 16.1 Å². The van der Waals surface area contributed by atoms with Crippen LogP contribution in [0.25, 0.3) is 0 Å². The Morgan fingerprint density at radius 2 is 1.70 bits per heavy atom. The topological polar surface area (TPSA) is 103 Å². The van der Waals surface area contributed by atoms with Crippen LogP contribution in [0.5, 0.6) is 11.5 Å². The van der Waals surface area contributed by atoms with Crippen molar-refractivity contribution in [1.29, 1.82) is 0 Å². The second-order valence-corrected chi connectivity index (χ2v) is 9.93. The number of amides is 2. The predicted octanol–water partition coefficient (Wildman–Crippen LogP) is 5.33. The van der Waals surface area contributed by atoms with E-state index in [0.29, 0.717) is 39.2 Å². The average molecular weight is 523 g/mol. The lowest BCUT2D eigenvalue weighted by Gasteiger charge is -2.18. The molecular formula is C28H30N2O6S. The molecule has 9 heteroatoms. The molecule has 1 atom stereocenters. The molecule has 0 bridgehead atoms. The number of methoxy groups -OCH3 is 1. The molecule has 2 N–H and O–H groups in total. The van der Waals surface area contributed by atoms with Crippen LogP contribution in [0.1, 0.15) is 51.4 Å². The highest BCUT2D eigenvalue weighted by molar-refractivity contribution is 7.17. The largest absolute Gasteiger partial charge is 0.497 e. The number of anilines is 2. The summed E-state index contributed by atoms with van der Waals surface area (Å²) in [6, 6.07) is 13.5. The van der Waals surface area contributed by atoms with Crippen LogP contribution in [-0.2, 0) is 22.4 Å².